The summed E-state index contributed by atoms with van der Waals surface area (Å²) in [7, 11) is 0. The fourth-order valence-corrected chi connectivity index (χ4v) is 3.55. The number of fused-ring (bicyclic) bond motifs is 3. The molecule has 3 aromatic rings. The highest BCUT2D eigenvalue weighted by Crippen LogP contribution is 2.21. The summed E-state index contributed by atoms with van der Waals surface area (Å²) >= 11 is 1.33. The molecule has 0 saturated carbocycles. The number of amides is 1. The number of benzene rings is 1. The van der Waals surface area contributed by atoms with E-state index in [1.165, 1.54) is 11.8 Å². The fraction of sp³-hybridized carbons (Fsp3) is 0.444. The van der Waals surface area contributed by atoms with E-state index in [0.29, 0.717) is 22.9 Å². The predicted molar refractivity (Wildman–Crippen MR) is 104 cm³/mol. The Hall–Kier alpha value is -2.35. The number of nitrogens with one attached hydrogen (secondary N) is 1. The molecule has 1 N–H and O–H groups in total. The summed E-state index contributed by atoms with van der Waals surface area (Å²) < 4.78 is 3.52. The van der Waals surface area contributed by atoms with Gasteiger partial charge in [0, 0.05) is 12.6 Å². The highest BCUT2D eigenvalue weighted by atomic mass is 32.2. The van der Waals surface area contributed by atoms with Gasteiger partial charge in [-0.2, -0.15) is 0 Å². The molecular weight excluding hydrogens is 350 g/mol. The van der Waals surface area contributed by atoms with Crippen LogP contribution >= 0.6 is 11.8 Å². The SMILES string of the molecule is CCCn1c(=O)c2ccccc2n2c(SCC(=O)NC(C)CC)nnc12. The number of thioether (sulfide) groups is 1. The number of carbonyl (C=O) groups is 1. The van der Waals surface area contributed by atoms with Gasteiger partial charge in [0.15, 0.2) is 5.16 Å². The second-order valence-corrected chi connectivity index (χ2v) is 7.20. The van der Waals surface area contributed by atoms with E-state index in [2.05, 4.69) is 15.5 Å². The number of aromatic nitrogens is 4. The Morgan fingerprint density at radius 1 is 1.27 bits per heavy atom. The molecule has 3 rings (SSSR count). The second-order valence-electron chi connectivity index (χ2n) is 6.26. The van der Waals surface area contributed by atoms with Gasteiger partial charge < -0.3 is 5.32 Å². The molecular formula is C18H23N5O2S. The number of para-hydroxylation sites is 1. The maximum atomic E-state index is 12.8. The minimum absolute atomic E-state index is 0.0349. The number of carbonyl (C=O) groups excluding carboxylic acids is 1. The highest BCUT2D eigenvalue weighted by molar-refractivity contribution is 7.99. The molecule has 1 aromatic carbocycles. The van der Waals surface area contributed by atoms with Crippen molar-refractivity contribution < 1.29 is 4.79 Å². The highest BCUT2D eigenvalue weighted by Gasteiger charge is 2.17. The van der Waals surface area contributed by atoms with Gasteiger partial charge in [0.05, 0.1) is 16.7 Å². The molecule has 0 aliphatic carbocycles. The molecule has 0 bridgehead atoms. The van der Waals surface area contributed by atoms with Gasteiger partial charge >= 0.3 is 0 Å². The van der Waals surface area contributed by atoms with Crippen LogP contribution in [0.2, 0.25) is 0 Å². The van der Waals surface area contributed by atoms with Crippen LogP contribution in [-0.2, 0) is 11.3 Å². The topological polar surface area (TPSA) is 81.3 Å². The number of hydrogen-bond donors (Lipinski definition) is 1. The van der Waals surface area contributed by atoms with Crippen molar-refractivity contribution in [3.05, 3.63) is 34.6 Å². The zero-order valence-corrected chi connectivity index (χ0v) is 16.0. The van der Waals surface area contributed by atoms with Gasteiger partial charge in [-0.3, -0.25) is 18.6 Å². The van der Waals surface area contributed by atoms with Crippen LogP contribution in [0.25, 0.3) is 16.7 Å². The van der Waals surface area contributed by atoms with E-state index in [4.69, 9.17) is 0 Å². The number of hydrogen-bond acceptors (Lipinski definition) is 5. The molecule has 0 radical (unpaired) electrons. The van der Waals surface area contributed by atoms with E-state index >= 15 is 0 Å². The summed E-state index contributed by atoms with van der Waals surface area (Å²) in [6.45, 7) is 6.60. The molecule has 0 aliphatic rings. The molecule has 26 heavy (non-hydrogen) atoms. The maximum absolute atomic E-state index is 12.8. The Labute approximate surface area is 155 Å². The van der Waals surface area contributed by atoms with E-state index in [9.17, 15) is 9.59 Å². The summed E-state index contributed by atoms with van der Waals surface area (Å²) in [5, 5.41) is 12.6. The summed E-state index contributed by atoms with van der Waals surface area (Å²) in [5.74, 6) is 0.736. The lowest BCUT2D eigenvalue weighted by atomic mass is 10.2. The van der Waals surface area contributed by atoms with Crippen molar-refractivity contribution in [2.45, 2.75) is 51.4 Å². The minimum Gasteiger partial charge on any atom is -0.353 e. The Morgan fingerprint density at radius 3 is 2.77 bits per heavy atom. The lowest BCUT2D eigenvalue weighted by Crippen LogP contribution is -2.33. The molecule has 1 unspecified atom stereocenters. The molecule has 7 nitrogen and oxygen atoms in total. The van der Waals surface area contributed by atoms with Crippen LogP contribution < -0.4 is 10.9 Å². The van der Waals surface area contributed by atoms with Gasteiger partial charge in [-0.05, 0) is 31.9 Å². The van der Waals surface area contributed by atoms with E-state index in [0.717, 1.165) is 18.4 Å². The number of aryl methyl sites for hydroxylation is 1. The average Bonchev–Trinajstić information content (AvgIpc) is 3.07. The number of rotatable bonds is 7. The van der Waals surface area contributed by atoms with E-state index in [1.54, 1.807) is 4.57 Å². The van der Waals surface area contributed by atoms with Gasteiger partial charge in [0.1, 0.15) is 0 Å². The van der Waals surface area contributed by atoms with Gasteiger partial charge in [0.25, 0.3) is 5.56 Å². The molecule has 8 heteroatoms. The summed E-state index contributed by atoms with van der Waals surface area (Å²) in [4.78, 5) is 24.9. The van der Waals surface area contributed by atoms with Crippen LogP contribution in [-0.4, -0.2) is 36.9 Å². The summed E-state index contributed by atoms with van der Waals surface area (Å²) in [6.07, 6.45) is 1.71. The maximum Gasteiger partial charge on any atom is 0.262 e. The molecule has 138 valence electrons. The quantitative estimate of drug-likeness (QED) is 0.644. The summed E-state index contributed by atoms with van der Waals surface area (Å²) in [5.41, 5.74) is 0.697. The molecule has 1 atom stereocenters. The Bertz CT molecular complexity index is 994. The van der Waals surface area contributed by atoms with Crippen molar-refractivity contribution in [1.29, 1.82) is 0 Å². The van der Waals surface area contributed by atoms with Gasteiger partial charge in [-0.1, -0.05) is 37.7 Å². The standard InChI is InChI=1S/C18H23N5O2S/c1-4-10-22-16(25)13-8-6-7-9-14(13)23-17(22)20-21-18(23)26-11-15(24)19-12(3)5-2/h6-9,12H,4-5,10-11H2,1-3H3,(H,19,24). The van der Waals surface area contributed by atoms with Crippen molar-refractivity contribution in [2.24, 2.45) is 0 Å². The predicted octanol–water partition coefficient (Wildman–Crippen LogP) is 2.46. The minimum atomic E-state index is -0.0617. The van der Waals surface area contributed by atoms with Crippen LogP contribution in [0.1, 0.15) is 33.6 Å². The first-order valence-corrected chi connectivity index (χ1v) is 9.84. The Balaban J connectivity index is 2.03. The molecule has 0 spiro atoms. The monoisotopic (exact) mass is 373 g/mol. The first-order valence-electron chi connectivity index (χ1n) is 8.85. The fourth-order valence-electron chi connectivity index (χ4n) is 2.80. The zero-order chi connectivity index (χ0) is 18.7. The third-order valence-electron chi connectivity index (χ3n) is 4.28. The van der Waals surface area contributed by atoms with Crippen LogP contribution in [0.3, 0.4) is 0 Å². The molecule has 0 aliphatic heterocycles. The van der Waals surface area contributed by atoms with Crippen LogP contribution in [0.15, 0.2) is 34.2 Å². The lowest BCUT2D eigenvalue weighted by Gasteiger charge is -2.11. The zero-order valence-electron chi connectivity index (χ0n) is 15.2. The summed E-state index contributed by atoms with van der Waals surface area (Å²) in [6, 6.07) is 7.58. The lowest BCUT2D eigenvalue weighted by molar-refractivity contribution is -0.119. The molecule has 1 amide bonds. The molecule has 2 aromatic heterocycles. The van der Waals surface area contributed by atoms with Crippen molar-refractivity contribution >= 4 is 34.3 Å². The normalized spacial score (nSPS) is 12.6. The van der Waals surface area contributed by atoms with E-state index < -0.39 is 0 Å². The van der Waals surface area contributed by atoms with E-state index in [1.807, 2.05) is 49.4 Å². The van der Waals surface area contributed by atoms with Gasteiger partial charge in [0.2, 0.25) is 11.7 Å². The second kappa shape index (κ2) is 7.90. The molecule has 0 fully saturated rings. The largest absolute Gasteiger partial charge is 0.353 e. The van der Waals surface area contributed by atoms with Crippen molar-refractivity contribution in [1.82, 2.24) is 24.5 Å². The molecule has 0 saturated heterocycles. The van der Waals surface area contributed by atoms with E-state index in [-0.39, 0.29) is 23.3 Å². The van der Waals surface area contributed by atoms with Crippen molar-refractivity contribution in [2.75, 3.05) is 5.75 Å². The Morgan fingerprint density at radius 2 is 2.04 bits per heavy atom. The van der Waals surface area contributed by atoms with Gasteiger partial charge in [-0.25, -0.2) is 0 Å². The van der Waals surface area contributed by atoms with Crippen LogP contribution in [0.5, 0.6) is 0 Å². The molecule has 2 heterocycles. The first-order chi connectivity index (χ1) is 12.6. The van der Waals surface area contributed by atoms with Crippen LogP contribution in [0.4, 0.5) is 0 Å². The van der Waals surface area contributed by atoms with Crippen molar-refractivity contribution in [3.63, 3.8) is 0 Å². The number of nitrogens with zero attached hydrogens (tertiary/aromatic N) is 4. The van der Waals surface area contributed by atoms with Crippen molar-refractivity contribution in [3.8, 4) is 0 Å². The average molecular weight is 373 g/mol. The smallest absolute Gasteiger partial charge is 0.262 e. The van der Waals surface area contributed by atoms with Gasteiger partial charge in [-0.15, -0.1) is 10.2 Å². The van der Waals surface area contributed by atoms with Crippen LogP contribution in [0, 0.1) is 0 Å². The third kappa shape index (κ3) is 3.46. The third-order valence-corrected chi connectivity index (χ3v) is 5.21. The Kier molecular flexibility index (Phi) is 5.61. The first kappa shape index (κ1) is 18.4.